The van der Waals surface area contributed by atoms with E-state index < -0.39 is 11.9 Å². The van der Waals surface area contributed by atoms with Gasteiger partial charge in [-0.25, -0.2) is 0 Å². The summed E-state index contributed by atoms with van der Waals surface area (Å²) in [6.45, 7) is 3.17. The highest BCUT2D eigenvalue weighted by Crippen LogP contribution is 2.25. The molecule has 0 aromatic heterocycles. The van der Waals surface area contributed by atoms with Gasteiger partial charge in [0.15, 0.2) is 0 Å². The smallest absolute Gasteiger partial charge is 0.305 e. The van der Waals surface area contributed by atoms with Crippen molar-refractivity contribution in [2.75, 3.05) is 24.5 Å². The van der Waals surface area contributed by atoms with E-state index in [1.165, 1.54) is 23.1 Å². The van der Waals surface area contributed by atoms with Crippen molar-refractivity contribution < 1.29 is 24.6 Å². The number of amides is 2. The number of amidine groups is 1. The molecule has 1 saturated heterocycles. The number of nitrogens with one attached hydrogen (secondary N) is 1. The number of carbonyl (C=O) groups is 3. The molecule has 5 N–H and O–H groups in total. The molecule has 3 rings (SSSR count). The molecule has 0 saturated carbocycles. The number of carboxylic acids is 1. The van der Waals surface area contributed by atoms with Gasteiger partial charge in [-0.2, -0.15) is 0 Å². The Bertz CT molecular complexity index is 1090. The van der Waals surface area contributed by atoms with Crippen molar-refractivity contribution in [1.29, 1.82) is 5.41 Å². The predicted octanol–water partition coefficient (Wildman–Crippen LogP) is 2.27. The van der Waals surface area contributed by atoms with Gasteiger partial charge in [0.25, 0.3) is 5.91 Å². The molecule has 0 bridgehead atoms. The maximum atomic E-state index is 13.2. The SMILES string of the molecule is Cc1cc(N(CCC(=O)O)C(=O)Cc2cc(C(=N)N)ccc2O)ccc1C(=O)N1CCCC1. The molecule has 0 unspecified atom stereocenters. The first-order valence-electron chi connectivity index (χ1n) is 10.8. The molecule has 9 nitrogen and oxygen atoms in total. The van der Waals surface area contributed by atoms with E-state index >= 15 is 0 Å². The van der Waals surface area contributed by atoms with E-state index in [2.05, 4.69) is 0 Å². The number of phenolic OH excluding ortho intramolecular Hbond substituents is 1. The number of nitrogens with two attached hydrogens (primary N) is 1. The molecule has 0 aliphatic carbocycles. The molecule has 33 heavy (non-hydrogen) atoms. The van der Waals surface area contributed by atoms with Gasteiger partial charge >= 0.3 is 5.97 Å². The number of nitrogens with zero attached hydrogens (tertiary/aromatic N) is 2. The Kier molecular flexibility index (Phi) is 7.32. The number of nitrogen functional groups attached to an aromatic ring is 1. The summed E-state index contributed by atoms with van der Waals surface area (Å²) in [5.74, 6) is -1.84. The standard InChI is InChI=1S/C24H28N4O5/c1-15-12-18(5-6-19(15)24(33)27-9-2-3-10-27)28(11-8-22(31)32)21(30)14-17-13-16(23(25)26)4-7-20(17)29/h4-7,12-13,29H,2-3,8-11,14H2,1H3,(H3,25,26)(H,31,32). The van der Waals surface area contributed by atoms with Gasteiger partial charge in [-0.05, 0) is 61.7 Å². The topological polar surface area (TPSA) is 148 Å². The van der Waals surface area contributed by atoms with Gasteiger partial charge in [0, 0.05) is 42.0 Å². The summed E-state index contributed by atoms with van der Waals surface area (Å²) in [7, 11) is 0. The lowest BCUT2D eigenvalue weighted by Gasteiger charge is -2.24. The first kappa shape index (κ1) is 23.8. The zero-order valence-electron chi connectivity index (χ0n) is 18.5. The van der Waals surface area contributed by atoms with Crippen molar-refractivity contribution in [3.8, 4) is 5.75 Å². The molecule has 0 spiro atoms. The molecule has 1 aliphatic heterocycles. The molecule has 0 radical (unpaired) electrons. The maximum absolute atomic E-state index is 13.2. The van der Waals surface area contributed by atoms with Gasteiger partial charge in [-0.1, -0.05) is 0 Å². The summed E-state index contributed by atoms with van der Waals surface area (Å²) in [5, 5.41) is 26.9. The van der Waals surface area contributed by atoms with Crippen LogP contribution in [-0.2, 0) is 16.0 Å². The van der Waals surface area contributed by atoms with E-state index in [0.717, 1.165) is 25.9 Å². The number of carboxylic acid groups (broad SMARTS) is 1. The molecule has 1 fully saturated rings. The second-order valence-electron chi connectivity index (χ2n) is 8.12. The second-order valence-corrected chi connectivity index (χ2v) is 8.12. The number of phenols is 1. The van der Waals surface area contributed by atoms with Gasteiger partial charge in [-0.3, -0.25) is 19.8 Å². The van der Waals surface area contributed by atoms with Crippen LogP contribution in [-0.4, -0.2) is 58.4 Å². The van der Waals surface area contributed by atoms with Crippen LogP contribution in [0.15, 0.2) is 36.4 Å². The molecule has 2 amide bonds. The van der Waals surface area contributed by atoms with E-state index in [1.54, 1.807) is 30.0 Å². The van der Waals surface area contributed by atoms with E-state index in [4.69, 9.17) is 16.2 Å². The summed E-state index contributed by atoms with van der Waals surface area (Å²) < 4.78 is 0. The molecule has 2 aromatic carbocycles. The van der Waals surface area contributed by atoms with Crippen molar-refractivity contribution in [1.82, 2.24) is 4.90 Å². The van der Waals surface area contributed by atoms with Crippen LogP contribution < -0.4 is 10.6 Å². The van der Waals surface area contributed by atoms with Gasteiger partial charge in [0.2, 0.25) is 5.91 Å². The number of benzene rings is 2. The molecule has 9 heteroatoms. The summed E-state index contributed by atoms with van der Waals surface area (Å²) in [6.07, 6.45) is 1.49. The third-order valence-electron chi connectivity index (χ3n) is 5.73. The van der Waals surface area contributed by atoms with Gasteiger partial charge in [0.1, 0.15) is 11.6 Å². The third kappa shape index (κ3) is 5.68. The van der Waals surface area contributed by atoms with Crippen molar-refractivity contribution in [2.45, 2.75) is 32.6 Å². The quantitative estimate of drug-likeness (QED) is 0.357. The molecular formula is C24H28N4O5. The molecule has 2 aromatic rings. The number of aliphatic carboxylic acids is 1. The van der Waals surface area contributed by atoms with Crippen LogP contribution in [0, 0.1) is 12.3 Å². The van der Waals surface area contributed by atoms with Crippen LogP contribution in [0.5, 0.6) is 5.75 Å². The Morgan fingerprint density at radius 2 is 1.82 bits per heavy atom. The maximum Gasteiger partial charge on any atom is 0.305 e. The number of likely N-dealkylation sites (tertiary alicyclic amines) is 1. The lowest BCUT2D eigenvalue weighted by Crippen LogP contribution is -2.34. The first-order valence-corrected chi connectivity index (χ1v) is 10.8. The fourth-order valence-corrected chi connectivity index (χ4v) is 3.90. The highest BCUT2D eigenvalue weighted by atomic mass is 16.4. The fourth-order valence-electron chi connectivity index (χ4n) is 3.90. The van der Waals surface area contributed by atoms with Gasteiger partial charge < -0.3 is 25.7 Å². The van der Waals surface area contributed by atoms with Crippen LogP contribution in [0.3, 0.4) is 0 Å². The largest absolute Gasteiger partial charge is 0.508 e. The highest BCUT2D eigenvalue weighted by Gasteiger charge is 2.23. The minimum absolute atomic E-state index is 0.0501. The Morgan fingerprint density at radius 1 is 1.12 bits per heavy atom. The second kappa shape index (κ2) is 10.2. The highest BCUT2D eigenvalue weighted by molar-refractivity contribution is 5.99. The monoisotopic (exact) mass is 452 g/mol. The van der Waals surface area contributed by atoms with E-state index in [9.17, 15) is 19.5 Å². The molecule has 174 valence electrons. The third-order valence-corrected chi connectivity index (χ3v) is 5.73. The number of hydrogen-bond acceptors (Lipinski definition) is 5. The zero-order valence-corrected chi connectivity index (χ0v) is 18.5. The Hall–Kier alpha value is -3.88. The van der Waals surface area contributed by atoms with Gasteiger partial charge in [0.05, 0.1) is 12.8 Å². The first-order chi connectivity index (χ1) is 15.7. The number of aromatic hydroxyl groups is 1. The Labute approximate surface area is 191 Å². The summed E-state index contributed by atoms with van der Waals surface area (Å²) in [4.78, 5) is 40.3. The van der Waals surface area contributed by atoms with Crippen molar-refractivity contribution >= 4 is 29.3 Å². The zero-order chi connectivity index (χ0) is 24.1. The lowest BCUT2D eigenvalue weighted by molar-refractivity contribution is -0.136. The average Bonchev–Trinajstić information content (AvgIpc) is 3.29. The van der Waals surface area contributed by atoms with Crippen LogP contribution in [0.25, 0.3) is 0 Å². The van der Waals surface area contributed by atoms with Crippen LogP contribution >= 0.6 is 0 Å². The minimum Gasteiger partial charge on any atom is -0.508 e. The number of carbonyl (C=O) groups excluding carboxylic acids is 2. The predicted molar refractivity (Wildman–Crippen MR) is 124 cm³/mol. The van der Waals surface area contributed by atoms with Crippen LogP contribution in [0.4, 0.5) is 5.69 Å². The summed E-state index contributed by atoms with van der Waals surface area (Å²) in [5.41, 5.74) is 7.88. The van der Waals surface area contributed by atoms with E-state index in [0.29, 0.717) is 22.4 Å². The molecular weight excluding hydrogens is 424 g/mol. The summed E-state index contributed by atoms with van der Waals surface area (Å²) >= 11 is 0. The number of anilines is 1. The Morgan fingerprint density at radius 3 is 2.42 bits per heavy atom. The molecule has 1 aliphatic rings. The van der Waals surface area contributed by atoms with Crippen LogP contribution in [0.1, 0.15) is 46.3 Å². The number of hydrogen-bond donors (Lipinski definition) is 4. The fraction of sp³-hybridized carbons (Fsp3) is 0.333. The molecule has 1 heterocycles. The van der Waals surface area contributed by atoms with E-state index in [1.807, 2.05) is 0 Å². The normalized spacial score (nSPS) is 13.1. The minimum atomic E-state index is -1.05. The average molecular weight is 453 g/mol. The van der Waals surface area contributed by atoms with Crippen molar-refractivity contribution in [3.63, 3.8) is 0 Å². The number of rotatable bonds is 8. The van der Waals surface area contributed by atoms with Crippen LogP contribution in [0.2, 0.25) is 0 Å². The van der Waals surface area contributed by atoms with Gasteiger partial charge in [-0.15, -0.1) is 0 Å². The van der Waals surface area contributed by atoms with Crippen molar-refractivity contribution in [3.05, 3.63) is 58.7 Å². The van der Waals surface area contributed by atoms with E-state index in [-0.39, 0.29) is 42.4 Å². The van der Waals surface area contributed by atoms with Crippen molar-refractivity contribution in [2.24, 2.45) is 5.73 Å². The molecule has 0 atom stereocenters. The lowest BCUT2D eigenvalue weighted by atomic mass is 10.0. The summed E-state index contributed by atoms with van der Waals surface area (Å²) in [6, 6.07) is 9.32. The number of aryl methyl sites for hydroxylation is 1. The Balaban J connectivity index is 1.87.